The second-order valence-electron chi connectivity index (χ2n) is 6.75. The van der Waals surface area contributed by atoms with Gasteiger partial charge in [-0.2, -0.15) is 0 Å². The topological polar surface area (TPSA) is 72.7 Å². The second kappa shape index (κ2) is 8.66. The zero-order valence-corrected chi connectivity index (χ0v) is 17.9. The Labute approximate surface area is 177 Å². The van der Waals surface area contributed by atoms with E-state index in [0.717, 1.165) is 29.9 Å². The molecule has 29 heavy (non-hydrogen) atoms. The number of anilines is 1. The van der Waals surface area contributed by atoms with Gasteiger partial charge in [0.2, 0.25) is 5.88 Å². The van der Waals surface area contributed by atoms with Gasteiger partial charge in [0, 0.05) is 44.4 Å². The van der Waals surface area contributed by atoms with Crippen LogP contribution < -0.4 is 9.64 Å². The molecule has 3 aromatic rings. The number of nitrogens with zero attached hydrogens (tertiary/aromatic N) is 5. The third kappa shape index (κ3) is 4.37. The largest absolute Gasteiger partial charge is 0.479 e. The van der Waals surface area contributed by atoms with Crippen LogP contribution in [0.5, 0.6) is 5.88 Å². The van der Waals surface area contributed by atoms with Crippen LogP contribution in [-0.2, 0) is 11.8 Å². The monoisotopic (exact) mass is 435 g/mol. The van der Waals surface area contributed by atoms with Crippen molar-refractivity contribution in [3.63, 3.8) is 0 Å². The van der Waals surface area contributed by atoms with Crippen LogP contribution >= 0.6 is 22.9 Å². The van der Waals surface area contributed by atoms with Crippen molar-refractivity contribution < 1.29 is 14.3 Å². The number of aromatic nitrogens is 3. The number of hydrogen-bond donors (Lipinski definition) is 0. The van der Waals surface area contributed by atoms with E-state index in [1.165, 1.54) is 18.4 Å². The second-order valence-corrected chi connectivity index (χ2v) is 8.19. The summed E-state index contributed by atoms with van der Waals surface area (Å²) < 4.78 is 13.2. The van der Waals surface area contributed by atoms with E-state index < -0.39 is 0 Å². The molecule has 0 spiro atoms. The van der Waals surface area contributed by atoms with Crippen LogP contribution in [0.15, 0.2) is 24.4 Å². The standard InChI is InChI=1S/C19H22ClN5O3S/c1-23-12-14(17(22-23)27-2)18(26)25(6-5-24-7-9-28-10-8-24)19-21-15-4-3-13(20)11-16(15)29-19/h3-4,11-12H,5-10H2,1-2H3. The summed E-state index contributed by atoms with van der Waals surface area (Å²) in [6, 6.07) is 5.54. The van der Waals surface area contributed by atoms with Crippen molar-refractivity contribution in [2.24, 2.45) is 7.05 Å². The summed E-state index contributed by atoms with van der Waals surface area (Å²) in [5.41, 5.74) is 1.23. The molecule has 0 N–H and O–H groups in total. The molecule has 8 nitrogen and oxygen atoms in total. The number of hydrogen-bond acceptors (Lipinski definition) is 7. The molecule has 10 heteroatoms. The molecule has 0 bridgehead atoms. The Morgan fingerprint density at radius 3 is 2.93 bits per heavy atom. The number of benzene rings is 1. The van der Waals surface area contributed by atoms with Crippen LogP contribution in [0.3, 0.4) is 0 Å². The lowest BCUT2D eigenvalue weighted by Crippen LogP contribution is -2.43. The number of fused-ring (bicyclic) bond motifs is 1. The van der Waals surface area contributed by atoms with Crippen LogP contribution in [-0.4, -0.2) is 72.1 Å². The molecule has 1 aliphatic rings. The molecule has 0 unspecified atom stereocenters. The Balaban J connectivity index is 1.66. The lowest BCUT2D eigenvalue weighted by molar-refractivity contribution is 0.0391. The van der Waals surface area contributed by atoms with Crippen LogP contribution in [0.4, 0.5) is 5.13 Å². The highest BCUT2D eigenvalue weighted by atomic mass is 35.5. The van der Waals surface area contributed by atoms with Crippen LogP contribution in [0, 0.1) is 0 Å². The Morgan fingerprint density at radius 1 is 1.38 bits per heavy atom. The lowest BCUT2D eigenvalue weighted by Gasteiger charge is -2.29. The van der Waals surface area contributed by atoms with Crippen LogP contribution in [0.1, 0.15) is 10.4 Å². The number of halogens is 1. The molecule has 1 aromatic carbocycles. The maximum absolute atomic E-state index is 13.4. The fraction of sp³-hybridized carbons (Fsp3) is 0.421. The van der Waals surface area contributed by atoms with E-state index in [-0.39, 0.29) is 5.91 Å². The average Bonchev–Trinajstić information content (AvgIpc) is 3.31. The van der Waals surface area contributed by atoms with Gasteiger partial charge in [0.1, 0.15) is 5.56 Å². The molecule has 0 radical (unpaired) electrons. The maximum atomic E-state index is 13.4. The lowest BCUT2D eigenvalue weighted by atomic mass is 10.3. The highest BCUT2D eigenvalue weighted by Gasteiger charge is 2.27. The summed E-state index contributed by atoms with van der Waals surface area (Å²) in [6.07, 6.45) is 1.67. The van der Waals surface area contributed by atoms with Crippen molar-refractivity contribution in [2.75, 3.05) is 51.4 Å². The van der Waals surface area contributed by atoms with Gasteiger partial charge in [-0.3, -0.25) is 19.3 Å². The first-order valence-corrected chi connectivity index (χ1v) is 10.5. The number of methoxy groups -OCH3 is 1. The zero-order valence-electron chi connectivity index (χ0n) is 16.3. The quantitative estimate of drug-likeness (QED) is 0.592. The van der Waals surface area contributed by atoms with Gasteiger partial charge in [0.15, 0.2) is 5.13 Å². The minimum atomic E-state index is -0.187. The molecule has 1 amide bonds. The first-order chi connectivity index (χ1) is 14.0. The van der Waals surface area contributed by atoms with Gasteiger partial charge in [-0.1, -0.05) is 22.9 Å². The third-order valence-corrected chi connectivity index (χ3v) is 6.05. The fourth-order valence-electron chi connectivity index (χ4n) is 3.26. The van der Waals surface area contributed by atoms with Gasteiger partial charge in [0.05, 0.1) is 30.5 Å². The first-order valence-electron chi connectivity index (χ1n) is 9.31. The molecule has 1 aliphatic heterocycles. The van der Waals surface area contributed by atoms with Gasteiger partial charge in [-0.15, -0.1) is 5.10 Å². The van der Waals surface area contributed by atoms with Gasteiger partial charge in [-0.05, 0) is 18.2 Å². The first kappa shape index (κ1) is 20.1. The van der Waals surface area contributed by atoms with Gasteiger partial charge >= 0.3 is 0 Å². The number of rotatable bonds is 6. The van der Waals surface area contributed by atoms with E-state index in [2.05, 4.69) is 15.0 Å². The number of carbonyl (C=O) groups is 1. The summed E-state index contributed by atoms with van der Waals surface area (Å²) in [4.78, 5) is 22.1. The highest BCUT2D eigenvalue weighted by Crippen LogP contribution is 2.32. The van der Waals surface area contributed by atoms with E-state index in [1.54, 1.807) is 28.9 Å². The highest BCUT2D eigenvalue weighted by molar-refractivity contribution is 7.22. The summed E-state index contributed by atoms with van der Waals surface area (Å²) in [5.74, 6) is 0.117. The number of carbonyl (C=O) groups excluding carboxylic acids is 1. The van der Waals surface area contributed by atoms with Crippen molar-refractivity contribution in [2.45, 2.75) is 0 Å². The minimum absolute atomic E-state index is 0.187. The predicted octanol–water partition coefficient (Wildman–Crippen LogP) is 2.67. The molecular weight excluding hydrogens is 414 g/mol. The molecule has 1 saturated heterocycles. The Kier molecular flexibility index (Phi) is 6.00. The number of ether oxygens (including phenoxy) is 2. The van der Waals surface area contributed by atoms with E-state index >= 15 is 0 Å². The van der Waals surface area contributed by atoms with Gasteiger partial charge < -0.3 is 9.47 Å². The summed E-state index contributed by atoms with van der Waals surface area (Å²) in [5, 5.41) is 5.49. The van der Waals surface area contributed by atoms with Crippen molar-refractivity contribution >= 4 is 44.2 Å². The number of thiazole rings is 1. The SMILES string of the molecule is COc1nn(C)cc1C(=O)N(CCN1CCOCC1)c1nc2ccc(Cl)cc2s1. The Bertz CT molecular complexity index is 1010. The minimum Gasteiger partial charge on any atom is -0.479 e. The molecule has 154 valence electrons. The number of aryl methyl sites for hydroxylation is 1. The smallest absolute Gasteiger partial charge is 0.267 e. The van der Waals surface area contributed by atoms with Crippen molar-refractivity contribution in [1.29, 1.82) is 0 Å². The Hall–Kier alpha value is -2.20. The molecular formula is C19H22ClN5O3S. The van der Waals surface area contributed by atoms with Crippen molar-refractivity contribution in [3.05, 3.63) is 35.0 Å². The molecule has 0 saturated carbocycles. The number of morpholine rings is 1. The van der Waals surface area contributed by atoms with Crippen molar-refractivity contribution in [3.8, 4) is 5.88 Å². The van der Waals surface area contributed by atoms with E-state index in [0.29, 0.717) is 41.4 Å². The normalized spacial score (nSPS) is 15.0. The summed E-state index contributed by atoms with van der Waals surface area (Å²) in [7, 11) is 3.27. The third-order valence-electron chi connectivity index (χ3n) is 4.78. The van der Waals surface area contributed by atoms with Crippen LogP contribution in [0.2, 0.25) is 5.02 Å². The average molecular weight is 436 g/mol. The van der Waals surface area contributed by atoms with E-state index in [4.69, 9.17) is 21.1 Å². The molecule has 3 heterocycles. The fourth-order valence-corrected chi connectivity index (χ4v) is 4.53. The molecule has 1 fully saturated rings. The predicted molar refractivity (Wildman–Crippen MR) is 113 cm³/mol. The van der Waals surface area contributed by atoms with E-state index in [9.17, 15) is 4.79 Å². The van der Waals surface area contributed by atoms with Gasteiger partial charge in [-0.25, -0.2) is 4.98 Å². The van der Waals surface area contributed by atoms with Crippen LogP contribution in [0.25, 0.3) is 10.2 Å². The molecule has 2 aromatic heterocycles. The zero-order chi connectivity index (χ0) is 20.4. The molecule has 0 aliphatic carbocycles. The molecule has 4 rings (SSSR count). The summed E-state index contributed by atoms with van der Waals surface area (Å²) in [6.45, 7) is 4.37. The maximum Gasteiger partial charge on any atom is 0.267 e. The van der Waals surface area contributed by atoms with Crippen molar-refractivity contribution in [1.82, 2.24) is 19.7 Å². The number of amides is 1. The Morgan fingerprint density at radius 2 is 2.17 bits per heavy atom. The van der Waals surface area contributed by atoms with E-state index in [1.807, 2.05) is 12.1 Å². The summed E-state index contributed by atoms with van der Waals surface area (Å²) >= 11 is 7.57. The molecule has 0 atom stereocenters. The van der Waals surface area contributed by atoms with Gasteiger partial charge in [0.25, 0.3) is 5.91 Å².